The maximum absolute atomic E-state index is 14.2. The Labute approximate surface area is 216 Å². The molecule has 4 rings (SSSR count). The van der Waals surface area contributed by atoms with Crippen molar-refractivity contribution in [3.63, 3.8) is 0 Å². The van der Waals surface area contributed by atoms with Gasteiger partial charge in [-0.2, -0.15) is 19.1 Å². The topological polar surface area (TPSA) is 98.4 Å². The van der Waals surface area contributed by atoms with Gasteiger partial charge in [0.25, 0.3) is 5.56 Å². The summed E-state index contributed by atoms with van der Waals surface area (Å²) in [5, 5.41) is 19.0. The molecule has 2 saturated heterocycles. The van der Waals surface area contributed by atoms with Gasteiger partial charge in [0, 0.05) is 45.4 Å². The van der Waals surface area contributed by atoms with E-state index in [1.54, 1.807) is 17.4 Å². The van der Waals surface area contributed by atoms with Crippen LogP contribution in [0.5, 0.6) is 0 Å². The van der Waals surface area contributed by atoms with E-state index in [0.29, 0.717) is 48.1 Å². The third-order valence-corrected chi connectivity index (χ3v) is 7.02. The Morgan fingerprint density at radius 3 is 2.53 bits per heavy atom. The molecule has 2 N–H and O–H groups in total. The summed E-state index contributed by atoms with van der Waals surface area (Å²) in [6, 6.07) is 4.93. The third-order valence-electron chi connectivity index (χ3n) is 5.52. The number of nitriles is 1. The van der Waals surface area contributed by atoms with Crippen LogP contribution in [0.2, 0.25) is 5.02 Å². The second-order valence-electron chi connectivity index (χ2n) is 7.86. The van der Waals surface area contributed by atoms with E-state index in [1.807, 2.05) is 0 Å². The molecular weight excluding hydrogens is 519 g/mol. The van der Waals surface area contributed by atoms with Gasteiger partial charge in [0.15, 0.2) is 0 Å². The molecule has 2 aliphatic heterocycles. The maximum Gasteiger partial charge on any atom is 0.325 e. The summed E-state index contributed by atoms with van der Waals surface area (Å²) in [5.74, 6) is -0.897. The zero-order valence-corrected chi connectivity index (χ0v) is 21.2. The monoisotopic (exact) mass is 545 g/mol. The summed E-state index contributed by atoms with van der Waals surface area (Å²) in [5.41, 5.74) is -0.230. The number of nitrogens with zero attached hydrogens (tertiary/aromatic N) is 5. The van der Waals surface area contributed by atoms with Crippen LogP contribution in [0.3, 0.4) is 0 Å². The maximum atomic E-state index is 14.2. The first-order chi connectivity index (χ1) is 17.3. The Morgan fingerprint density at radius 2 is 2.03 bits per heavy atom. The molecule has 0 atom stereocenters. The fourth-order valence-corrected chi connectivity index (χ4v) is 4.79. The second kappa shape index (κ2) is 13.7. The van der Waals surface area contributed by atoms with Crippen molar-refractivity contribution in [1.82, 2.24) is 19.4 Å². The lowest BCUT2D eigenvalue weighted by Crippen LogP contribution is -2.38. The number of alkyl halides is 2. The van der Waals surface area contributed by atoms with Crippen LogP contribution in [0.4, 0.5) is 24.5 Å². The fourth-order valence-electron chi connectivity index (χ4n) is 3.63. The van der Waals surface area contributed by atoms with E-state index in [2.05, 4.69) is 15.7 Å². The Hall–Kier alpha value is -2.50. The van der Waals surface area contributed by atoms with E-state index < -0.39 is 17.9 Å². The predicted molar refractivity (Wildman–Crippen MR) is 134 cm³/mol. The Kier molecular flexibility index (Phi) is 10.7. The zero-order valence-electron chi connectivity index (χ0n) is 19.6. The van der Waals surface area contributed by atoms with Gasteiger partial charge in [0.1, 0.15) is 10.8 Å². The molecule has 36 heavy (non-hydrogen) atoms. The van der Waals surface area contributed by atoms with Gasteiger partial charge in [0.2, 0.25) is 0 Å². The van der Waals surface area contributed by atoms with Crippen molar-refractivity contribution in [3.8, 4) is 6.07 Å². The lowest BCUT2D eigenvalue weighted by molar-refractivity contribution is 0.109. The molecule has 9 nitrogen and oxygen atoms in total. The molecule has 0 aliphatic carbocycles. The lowest BCUT2D eigenvalue weighted by atomic mass is 10.1. The highest BCUT2D eigenvalue weighted by Crippen LogP contribution is 2.34. The molecule has 14 heteroatoms. The minimum absolute atomic E-state index is 0.0458. The van der Waals surface area contributed by atoms with Crippen LogP contribution in [0.15, 0.2) is 29.2 Å². The van der Waals surface area contributed by atoms with E-state index in [9.17, 15) is 18.0 Å². The Balaban J connectivity index is 0.000000526. The van der Waals surface area contributed by atoms with Crippen LogP contribution in [-0.4, -0.2) is 67.1 Å². The molecule has 2 aliphatic rings. The number of aromatic nitrogens is 2. The number of halogens is 4. The first kappa shape index (κ1) is 28.1. The molecular formula is C22H27ClF3N7O2S. The average molecular weight is 546 g/mol. The summed E-state index contributed by atoms with van der Waals surface area (Å²) in [7, 11) is 1.63. The van der Waals surface area contributed by atoms with Crippen molar-refractivity contribution in [2.45, 2.75) is 25.4 Å². The van der Waals surface area contributed by atoms with Gasteiger partial charge in [-0.05, 0) is 31.0 Å². The molecule has 196 valence electrons. The van der Waals surface area contributed by atoms with Crippen molar-refractivity contribution < 1.29 is 17.9 Å². The molecule has 2 fully saturated rings. The van der Waals surface area contributed by atoms with Gasteiger partial charge < -0.3 is 15.4 Å². The number of anilines is 2. The van der Waals surface area contributed by atoms with Crippen LogP contribution in [0.25, 0.3) is 0 Å². The number of ether oxygens (including phenoxy) is 1. The third kappa shape index (κ3) is 7.27. The van der Waals surface area contributed by atoms with Crippen LogP contribution in [-0.2, 0) is 4.74 Å². The molecule has 0 spiro atoms. The van der Waals surface area contributed by atoms with Gasteiger partial charge in [-0.1, -0.05) is 11.6 Å². The number of rotatable bonds is 6. The largest absolute Gasteiger partial charge is 0.385 e. The Bertz CT molecular complexity index is 1090. The molecule has 3 heterocycles. The fraction of sp³-hybridized carbons (Fsp3) is 0.500. The Morgan fingerprint density at radius 1 is 1.33 bits per heavy atom. The number of morpholine rings is 1. The quantitative estimate of drug-likeness (QED) is 0.417. The lowest BCUT2D eigenvalue weighted by Gasteiger charge is -2.34. The number of hydrogen-bond acceptors (Lipinski definition) is 9. The van der Waals surface area contributed by atoms with Crippen molar-refractivity contribution >= 4 is 35.1 Å². The molecule has 0 amide bonds. The molecule has 0 unspecified atom stereocenters. The number of nitrogens with one attached hydrogen (secondary N) is 2. The van der Waals surface area contributed by atoms with Crippen molar-refractivity contribution in [2.24, 2.45) is 0 Å². The summed E-state index contributed by atoms with van der Waals surface area (Å²) in [4.78, 5) is 12.4. The van der Waals surface area contributed by atoms with E-state index >= 15 is 0 Å². The number of benzene rings is 1. The summed E-state index contributed by atoms with van der Waals surface area (Å²) in [6.45, 7) is 1.65. The van der Waals surface area contributed by atoms with Gasteiger partial charge >= 0.3 is 6.55 Å². The highest BCUT2D eigenvalue weighted by atomic mass is 35.5. The van der Waals surface area contributed by atoms with E-state index in [4.69, 9.17) is 21.6 Å². The normalized spacial score (nSPS) is 16.7. The molecule has 0 radical (unpaired) electrons. The van der Waals surface area contributed by atoms with E-state index in [-0.39, 0.29) is 22.3 Å². The van der Waals surface area contributed by atoms with E-state index in [0.717, 1.165) is 38.4 Å². The van der Waals surface area contributed by atoms with Crippen LogP contribution in [0.1, 0.15) is 24.4 Å². The molecule has 0 bridgehead atoms. The minimum atomic E-state index is -2.95. The van der Waals surface area contributed by atoms with Crippen LogP contribution in [0, 0.1) is 17.1 Å². The van der Waals surface area contributed by atoms with Gasteiger partial charge in [-0.15, -0.1) is 0 Å². The van der Waals surface area contributed by atoms with Gasteiger partial charge in [-0.3, -0.25) is 4.79 Å². The molecule has 2 aromatic rings. The van der Waals surface area contributed by atoms with E-state index in [1.165, 1.54) is 16.9 Å². The van der Waals surface area contributed by atoms with Crippen molar-refractivity contribution in [2.75, 3.05) is 56.1 Å². The smallest absolute Gasteiger partial charge is 0.325 e. The average Bonchev–Trinajstić information content (AvgIpc) is 2.90. The zero-order chi connectivity index (χ0) is 26.1. The highest BCUT2D eigenvalue weighted by Gasteiger charge is 2.29. The number of hydrogen-bond donors (Lipinski definition) is 2. The second-order valence-corrected chi connectivity index (χ2v) is 9.31. The van der Waals surface area contributed by atoms with Crippen LogP contribution < -0.4 is 20.5 Å². The van der Waals surface area contributed by atoms with Crippen molar-refractivity contribution in [1.29, 1.82) is 5.26 Å². The minimum Gasteiger partial charge on any atom is -0.385 e. The SMILES string of the molecule is C1COCCN1.CNc1cnn(C2CCN(SN(c3ccc(C#N)cc3F)C(F)F)CC2)c(=O)c1Cl. The highest BCUT2D eigenvalue weighted by molar-refractivity contribution is 7.98. The summed E-state index contributed by atoms with van der Waals surface area (Å²) < 4.78 is 49.9. The first-order valence-electron chi connectivity index (χ1n) is 11.3. The molecule has 0 saturated carbocycles. The van der Waals surface area contributed by atoms with Crippen molar-refractivity contribution in [3.05, 3.63) is 51.2 Å². The van der Waals surface area contributed by atoms with Crippen LogP contribution >= 0.6 is 23.7 Å². The first-order valence-corrected chi connectivity index (χ1v) is 12.4. The number of piperidine rings is 1. The summed E-state index contributed by atoms with van der Waals surface area (Å²) in [6.07, 6.45) is 2.45. The predicted octanol–water partition coefficient (Wildman–Crippen LogP) is 3.48. The standard InChI is InChI=1S/C18H18ClF3N6OS.C4H9NO/c1-24-14-10-25-27(17(29)16(14)19)12-4-6-26(7-5-12)30-28(18(21)22)15-3-2-11(9-23)8-13(15)20;1-3-6-4-2-5-1/h2-3,8,10,12,18,24H,4-7H2,1H3;5H,1-4H2. The van der Waals surface area contributed by atoms with Gasteiger partial charge in [0.05, 0.1) is 48.5 Å². The summed E-state index contributed by atoms with van der Waals surface area (Å²) >= 11 is 6.77. The molecule has 1 aromatic carbocycles. The van der Waals surface area contributed by atoms with Gasteiger partial charge in [-0.25, -0.2) is 17.7 Å². The molecule has 1 aromatic heterocycles.